The van der Waals surface area contributed by atoms with Gasteiger partial charge in [0, 0.05) is 26.2 Å². The lowest BCUT2D eigenvalue weighted by molar-refractivity contribution is 0.117. The zero-order chi connectivity index (χ0) is 16.5. The molecule has 9 heteroatoms. The molecular weight excluding hydrogens is 336 g/mol. The minimum absolute atomic E-state index is 0.197. The summed E-state index contributed by atoms with van der Waals surface area (Å²) in [6, 6.07) is 3.31. The molecule has 1 aliphatic rings. The number of rotatable bonds is 8. The van der Waals surface area contributed by atoms with E-state index in [2.05, 4.69) is 20.3 Å². The Labute approximate surface area is 141 Å². The molecule has 0 radical (unpaired) electrons. The summed E-state index contributed by atoms with van der Waals surface area (Å²) in [7, 11) is -3.40. The predicted molar refractivity (Wildman–Crippen MR) is 92.5 cm³/mol. The highest BCUT2D eigenvalue weighted by Crippen LogP contribution is 2.14. The van der Waals surface area contributed by atoms with E-state index in [1.807, 2.05) is 6.92 Å². The van der Waals surface area contributed by atoms with Crippen LogP contribution < -0.4 is 15.4 Å². The van der Waals surface area contributed by atoms with Gasteiger partial charge in [-0.3, -0.25) is 4.99 Å². The quantitative estimate of drug-likeness (QED) is 0.362. The van der Waals surface area contributed by atoms with Crippen LogP contribution in [-0.4, -0.2) is 53.3 Å². The summed E-state index contributed by atoms with van der Waals surface area (Å²) in [5.41, 5.74) is 0. The molecule has 1 saturated heterocycles. The Kier molecular flexibility index (Phi) is 7.28. The first kappa shape index (κ1) is 18.2. The van der Waals surface area contributed by atoms with E-state index in [1.54, 1.807) is 17.5 Å². The minimum atomic E-state index is -3.40. The molecule has 2 rings (SSSR count). The van der Waals surface area contributed by atoms with E-state index >= 15 is 0 Å². The highest BCUT2D eigenvalue weighted by atomic mass is 32.2. The molecule has 2 heterocycles. The van der Waals surface area contributed by atoms with Gasteiger partial charge in [0.2, 0.25) is 10.0 Å². The fourth-order valence-electron chi connectivity index (χ4n) is 2.18. The van der Waals surface area contributed by atoms with Crippen LogP contribution in [0, 0.1) is 0 Å². The molecule has 1 unspecified atom stereocenters. The van der Waals surface area contributed by atoms with Crippen molar-refractivity contribution in [3.8, 4) is 0 Å². The third-order valence-corrected chi connectivity index (χ3v) is 6.15. The van der Waals surface area contributed by atoms with Gasteiger partial charge in [0.1, 0.15) is 4.21 Å². The predicted octanol–water partition coefficient (Wildman–Crippen LogP) is 0.761. The number of nitrogens with one attached hydrogen (secondary N) is 3. The maximum atomic E-state index is 12.0. The van der Waals surface area contributed by atoms with Crippen LogP contribution in [0.3, 0.4) is 0 Å². The number of nitrogens with zero attached hydrogens (tertiary/aromatic N) is 1. The van der Waals surface area contributed by atoms with Crippen molar-refractivity contribution >= 4 is 27.3 Å². The average molecular weight is 361 g/mol. The second-order valence-corrected chi connectivity index (χ2v) is 8.05. The molecule has 0 amide bonds. The second kappa shape index (κ2) is 9.21. The summed E-state index contributed by atoms with van der Waals surface area (Å²) in [4.78, 5) is 4.47. The Morgan fingerprint density at radius 3 is 2.96 bits per heavy atom. The zero-order valence-electron chi connectivity index (χ0n) is 13.2. The van der Waals surface area contributed by atoms with Crippen molar-refractivity contribution in [3.05, 3.63) is 17.5 Å². The number of sulfonamides is 1. The number of hydrogen-bond acceptors (Lipinski definition) is 5. The summed E-state index contributed by atoms with van der Waals surface area (Å²) >= 11 is 1.20. The minimum Gasteiger partial charge on any atom is -0.376 e. The molecule has 130 valence electrons. The van der Waals surface area contributed by atoms with E-state index in [9.17, 15) is 8.42 Å². The van der Waals surface area contributed by atoms with Crippen molar-refractivity contribution in [1.82, 2.24) is 15.4 Å². The first-order valence-corrected chi connectivity index (χ1v) is 10.1. The fourth-order valence-corrected chi connectivity index (χ4v) is 4.25. The van der Waals surface area contributed by atoms with E-state index in [0.29, 0.717) is 29.8 Å². The first-order valence-electron chi connectivity index (χ1n) is 7.79. The third-order valence-electron chi connectivity index (χ3n) is 3.29. The molecule has 1 aliphatic heterocycles. The average Bonchev–Trinajstić information content (AvgIpc) is 3.22. The smallest absolute Gasteiger partial charge is 0.250 e. The van der Waals surface area contributed by atoms with Gasteiger partial charge in [0.05, 0.1) is 12.6 Å². The number of ether oxygens (including phenoxy) is 1. The van der Waals surface area contributed by atoms with E-state index in [0.717, 1.165) is 26.0 Å². The van der Waals surface area contributed by atoms with Crippen LogP contribution in [0.1, 0.15) is 19.8 Å². The van der Waals surface area contributed by atoms with Gasteiger partial charge < -0.3 is 15.4 Å². The zero-order valence-corrected chi connectivity index (χ0v) is 14.9. The Morgan fingerprint density at radius 2 is 2.30 bits per heavy atom. The molecular formula is C14H24N4O3S2. The van der Waals surface area contributed by atoms with Gasteiger partial charge in [-0.2, -0.15) is 0 Å². The van der Waals surface area contributed by atoms with Crippen LogP contribution in [0.15, 0.2) is 26.7 Å². The van der Waals surface area contributed by atoms with E-state index in [-0.39, 0.29) is 6.10 Å². The normalized spacial score (nSPS) is 19.0. The molecule has 1 atom stereocenters. The van der Waals surface area contributed by atoms with Crippen molar-refractivity contribution in [2.75, 3.05) is 32.8 Å². The Morgan fingerprint density at radius 1 is 1.43 bits per heavy atom. The molecule has 7 nitrogen and oxygen atoms in total. The second-order valence-electron chi connectivity index (χ2n) is 5.11. The van der Waals surface area contributed by atoms with Crippen LogP contribution in [0.2, 0.25) is 0 Å². The summed E-state index contributed by atoms with van der Waals surface area (Å²) in [5, 5.41) is 8.01. The lowest BCUT2D eigenvalue weighted by Crippen LogP contribution is -2.41. The number of hydrogen-bond donors (Lipinski definition) is 3. The molecule has 0 aromatic carbocycles. The van der Waals surface area contributed by atoms with Crippen LogP contribution in [0.25, 0.3) is 0 Å². The van der Waals surface area contributed by atoms with Gasteiger partial charge in [-0.1, -0.05) is 6.07 Å². The largest absolute Gasteiger partial charge is 0.376 e. The summed E-state index contributed by atoms with van der Waals surface area (Å²) in [6.45, 7) is 4.93. The molecule has 0 saturated carbocycles. The van der Waals surface area contributed by atoms with Crippen molar-refractivity contribution in [3.63, 3.8) is 0 Å². The number of thiophene rings is 1. The monoisotopic (exact) mass is 360 g/mol. The molecule has 23 heavy (non-hydrogen) atoms. The highest BCUT2D eigenvalue weighted by molar-refractivity contribution is 7.91. The SMILES string of the molecule is CCNC(=NCC1CCCO1)NCCNS(=O)(=O)c1cccs1. The van der Waals surface area contributed by atoms with Crippen molar-refractivity contribution in [1.29, 1.82) is 0 Å². The molecule has 1 aromatic rings. The van der Waals surface area contributed by atoms with Crippen LogP contribution in [0.4, 0.5) is 0 Å². The third kappa shape index (κ3) is 6.09. The summed E-state index contributed by atoms with van der Waals surface area (Å²) in [6.07, 6.45) is 2.33. The van der Waals surface area contributed by atoms with Gasteiger partial charge >= 0.3 is 0 Å². The standard InChI is InChI=1S/C14H24N4O3S2/c1-2-15-14(17-11-12-5-3-9-21-12)16-7-8-18-23(19,20)13-6-4-10-22-13/h4,6,10,12,18H,2-3,5,7-9,11H2,1H3,(H2,15,16,17). The van der Waals surface area contributed by atoms with Gasteiger partial charge in [0.15, 0.2) is 5.96 Å². The lowest BCUT2D eigenvalue weighted by atomic mass is 10.2. The van der Waals surface area contributed by atoms with Gasteiger partial charge in [-0.15, -0.1) is 11.3 Å². The Balaban J connectivity index is 1.74. The Bertz CT molecular complexity index is 581. The van der Waals surface area contributed by atoms with Gasteiger partial charge in [-0.05, 0) is 31.2 Å². The Hall–Kier alpha value is -1.16. The van der Waals surface area contributed by atoms with Crippen LogP contribution in [0.5, 0.6) is 0 Å². The lowest BCUT2D eigenvalue weighted by Gasteiger charge is -2.13. The maximum absolute atomic E-state index is 12.0. The van der Waals surface area contributed by atoms with E-state index in [1.165, 1.54) is 11.3 Å². The molecule has 0 aliphatic carbocycles. The summed E-state index contributed by atoms with van der Waals surface area (Å²) < 4.78 is 32.4. The van der Waals surface area contributed by atoms with Crippen LogP contribution >= 0.6 is 11.3 Å². The molecule has 1 fully saturated rings. The molecule has 0 bridgehead atoms. The number of guanidine groups is 1. The van der Waals surface area contributed by atoms with Crippen molar-refractivity contribution in [2.45, 2.75) is 30.1 Å². The van der Waals surface area contributed by atoms with E-state index < -0.39 is 10.0 Å². The topological polar surface area (TPSA) is 91.8 Å². The van der Waals surface area contributed by atoms with Crippen LogP contribution in [-0.2, 0) is 14.8 Å². The van der Waals surface area contributed by atoms with Crippen molar-refractivity contribution in [2.24, 2.45) is 4.99 Å². The highest BCUT2D eigenvalue weighted by Gasteiger charge is 2.15. The van der Waals surface area contributed by atoms with Gasteiger partial charge in [-0.25, -0.2) is 13.1 Å². The molecule has 1 aromatic heterocycles. The van der Waals surface area contributed by atoms with E-state index in [4.69, 9.17) is 4.74 Å². The fraction of sp³-hybridized carbons (Fsp3) is 0.643. The van der Waals surface area contributed by atoms with Crippen molar-refractivity contribution < 1.29 is 13.2 Å². The maximum Gasteiger partial charge on any atom is 0.250 e. The molecule has 0 spiro atoms. The van der Waals surface area contributed by atoms with Gasteiger partial charge in [0.25, 0.3) is 0 Å². The first-order chi connectivity index (χ1) is 11.1. The number of aliphatic imine (C=N–C) groups is 1. The summed E-state index contributed by atoms with van der Waals surface area (Å²) in [5.74, 6) is 0.679. The molecule has 3 N–H and O–H groups in total.